The number of hydrogen-bond donors (Lipinski definition) is 4. The number of aromatic amines is 1. The molecule has 0 atom stereocenters. The summed E-state index contributed by atoms with van der Waals surface area (Å²) in [6.45, 7) is 0. The summed E-state index contributed by atoms with van der Waals surface area (Å²) >= 11 is 0. The lowest BCUT2D eigenvalue weighted by atomic mass is 10.1. The van der Waals surface area contributed by atoms with Crippen LogP contribution in [0, 0.1) is 5.92 Å². The molecule has 1 amide bonds. The third-order valence-electron chi connectivity index (χ3n) is 2.59. The molecule has 1 saturated carbocycles. The topological polar surface area (TPSA) is 155 Å². The number of rotatable bonds is 1. The number of H-pyrrole nitrogens is 1. The minimum atomic E-state index is -1.33. The van der Waals surface area contributed by atoms with Crippen LogP contribution in [-0.2, 0) is 4.79 Å². The Morgan fingerprint density at radius 1 is 1.00 bits per heavy atom. The highest BCUT2D eigenvalue weighted by atomic mass is 16.4. The van der Waals surface area contributed by atoms with E-state index in [2.05, 4.69) is 25.9 Å². The molecule has 0 aromatic carbocycles. The van der Waals surface area contributed by atoms with Crippen molar-refractivity contribution < 1.29 is 19.8 Å². The number of carbonyl (C=O) groups is 2. The van der Waals surface area contributed by atoms with Crippen molar-refractivity contribution in [3.8, 4) is 0 Å². The lowest BCUT2D eigenvalue weighted by Gasteiger charge is -1.97. The smallest absolute Gasteiger partial charge is 0.402 e. The first-order valence-electron chi connectivity index (χ1n) is 6.89. The van der Waals surface area contributed by atoms with Gasteiger partial charge in [0.25, 0.3) is 0 Å². The molecule has 2 aromatic heterocycles. The van der Waals surface area contributed by atoms with Crippen LogP contribution < -0.4 is 5.73 Å². The molecule has 1 aliphatic rings. The lowest BCUT2D eigenvalue weighted by molar-refractivity contribution is -0.141. The zero-order valence-electron chi connectivity index (χ0n) is 12.6. The van der Waals surface area contributed by atoms with Crippen LogP contribution in [-0.4, -0.2) is 42.4 Å². The van der Waals surface area contributed by atoms with E-state index in [1.165, 1.54) is 0 Å². The average molecular weight is 323 g/mol. The molecule has 23 heavy (non-hydrogen) atoms. The number of aromatic nitrogens is 4. The number of nitrogens with one attached hydrogen (secondary N) is 1. The Morgan fingerprint density at radius 2 is 1.48 bits per heavy atom. The van der Waals surface area contributed by atoms with E-state index >= 15 is 0 Å². The minimum absolute atomic E-state index is 0.0185. The Morgan fingerprint density at radius 3 is 1.65 bits per heavy atom. The molecule has 1 aliphatic carbocycles. The van der Waals surface area contributed by atoms with E-state index in [0.717, 1.165) is 25.7 Å². The van der Waals surface area contributed by atoms with E-state index < -0.39 is 12.1 Å². The van der Waals surface area contributed by atoms with Crippen LogP contribution in [0.3, 0.4) is 0 Å². The van der Waals surface area contributed by atoms with Gasteiger partial charge in [-0.25, -0.2) is 4.79 Å². The molecule has 2 heterocycles. The van der Waals surface area contributed by atoms with Gasteiger partial charge in [-0.2, -0.15) is 5.10 Å². The van der Waals surface area contributed by atoms with Crippen molar-refractivity contribution in [3.05, 3.63) is 43.2 Å². The van der Waals surface area contributed by atoms with E-state index in [1.807, 2.05) is 6.07 Å². The molecule has 9 nitrogen and oxygen atoms in total. The highest BCUT2D eigenvalue weighted by Crippen LogP contribution is 2.24. The van der Waals surface area contributed by atoms with E-state index in [-0.39, 0.29) is 5.92 Å². The van der Waals surface area contributed by atoms with E-state index in [0.29, 0.717) is 0 Å². The van der Waals surface area contributed by atoms with Gasteiger partial charge in [-0.1, -0.05) is 12.8 Å². The molecule has 5 N–H and O–H groups in total. The first kappa shape index (κ1) is 20.0. The van der Waals surface area contributed by atoms with E-state index in [9.17, 15) is 4.79 Å². The largest absolute Gasteiger partial charge is 0.481 e. The molecule has 0 aliphatic heterocycles. The summed E-state index contributed by atoms with van der Waals surface area (Å²) in [6.07, 6.45) is 12.7. The fourth-order valence-electron chi connectivity index (χ4n) is 1.64. The fraction of sp³-hybridized carbons (Fsp3) is 0.357. The van der Waals surface area contributed by atoms with Crippen molar-refractivity contribution in [2.45, 2.75) is 25.7 Å². The van der Waals surface area contributed by atoms with Gasteiger partial charge in [-0.05, 0) is 18.9 Å². The van der Waals surface area contributed by atoms with Gasteiger partial charge in [0, 0.05) is 37.2 Å². The van der Waals surface area contributed by atoms with Gasteiger partial charge >= 0.3 is 12.1 Å². The van der Waals surface area contributed by atoms with Crippen molar-refractivity contribution in [1.29, 1.82) is 0 Å². The Balaban J connectivity index is 0.000000291. The van der Waals surface area contributed by atoms with E-state index in [1.54, 1.807) is 37.2 Å². The van der Waals surface area contributed by atoms with Crippen LogP contribution in [0.4, 0.5) is 4.79 Å². The van der Waals surface area contributed by atoms with Crippen LogP contribution in [0.15, 0.2) is 43.2 Å². The zero-order chi connectivity index (χ0) is 17.3. The normalized spacial score (nSPS) is 12.3. The number of carboxylic acid groups (broad SMARTS) is 2. The summed E-state index contributed by atoms with van der Waals surface area (Å²) in [5.74, 6) is -0.627. The summed E-state index contributed by atoms with van der Waals surface area (Å²) in [6, 6.07) is 1.83. The molecular formula is C14H21N5O4. The molecular weight excluding hydrogens is 302 g/mol. The van der Waals surface area contributed by atoms with Crippen LogP contribution in [0.1, 0.15) is 25.7 Å². The maximum absolute atomic E-state index is 10.2. The molecule has 2 aromatic rings. The molecule has 1 fully saturated rings. The van der Waals surface area contributed by atoms with E-state index in [4.69, 9.17) is 15.0 Å². The standard InChI is InChI=1S/C6H10O2.C4H4N2.C3H4N2.CH3NO2/c7-6(8)5-3-1-2-4-5;1-2-6-4-3-5-1;1-2-4-5-3-1;2-1(3)4/h5H,1-4H2,(H,7,8);1-4H;1-3H,(H,4,5);2H2,(H,3,4). The Kier molecular flexibility index (Phi) is 12.2. The monoisotopic (exact) mass is 323 g/mol. The highest BCUT2D eigenvalue weighted by molar-refractivity contribution is 5.70. The molecule has 0 bridgehead atoms. The molecule has 3 rings (SSSR count). The lowest BCUT2D eigenvalue weighted by Crippen LogP contribution is -2.07. The predicted octanol–water partition coefficient (Wildman–Crippen LogP) is 1.77. The molecule has 0 spiro atoms. The van der Waals surface area contributed by atoms with Gasteiger partial charge in [-0.3, -0.25) is 19.9 Å². The maximum Gasteiger partial charge on any atom is 0.402 e. The van der Waals surface area contributed by atoms with Crippen molar-refractivity contribution in [1.82, 2.24) is 20.2 Å². The first-order valence-corrected chi connectivity index (χ1v) is 6.89. The Bertz CT molecular complexity index is 453. The number of aliphatic carboxylic acids is 1. The second-order valence-corrected chi connectivity index (χ2v) is 4.32. The van der Waals surface area contributed by atoms with Crippen molar-refractivity contribution in [2.24, 2.45) is 11.7 Å². The third-order valence-corrected chi connectivity index (χ3v) is 2.59. The van der Waals surface area contributed by atoms with Gasteiger partial charge in [0.15, 0.2) is 0 Å². The molecule has 126 valence electrons. The van der Waals surface area contributed by atoms with Crippen molar-refractivity contribution in [2.75, 3.05) is 0 Å². The minimum Gasteiger partial charge on any atom is -0.481 e. The van der Waals surface area contributed by atoms with Crippen LogP contribution in [0.5, 0.6) is 0 Å². The molecule has 0 radical (unpaired) electrons. The number of primary amides is 1. The van der Waals surface area contributed by atoms with Gasteiger partial charge in [-0.15, -0.1) is 0 Å². The summed E-state index contributed by atoms with van der Waals surface area (Å²) < 4.78 is 0. The fourth-order valence-corrected chi connectivity index (χ4v) is 1.64. The number of carboxylic acids is 1. The second kappa shape index (κ2) is 14.0. The summed E-state index contributed by atoms with van der Waals surface area (Å²) in [5, 5.41) is 21.8. The summed E-state index contributed by atoms with van der Waals surface area (Å²) in [7, 11) is 0. The number of nitrogens with zero attached hydrogens (tertiary/aromatic N) is 3. The average Bonchev–Trinajstić information content (AvgIpc) is 3.25. The second-order valence-electron chi connectivity index (χ2n) is 4.32. The number of hydrogen-bond acceptors (Lipinski definition) is 5. The summed E-state index contributed by atoms with van der Waals surface area (Å²) in [4.78, 5) is 26.4. The van der Waals surface area contributed by atoms with Crippen LogP contribution >= 0.6 is 0 Å². The molecule has 9 heteroatoms. The zero-order valence-corrected chi connectivity index (χ0v) is 12.6. The third kappa shape index (κ3) is 15.2. The first-order chi connectivity index (χ1) is 11.0. The molecule has 0 unspecified atom stereocenters. The number of amides is 1. The van der Waals surface area contributed by atoms with Crippen LogP contribution in [0.25, 0.3) is 0 Å². The highest BCUT2D eigenvalue weighted by Gasteiger charge is 2.20. The maximum atomic E-state index is 10.2. The van der Waals surface area contributed by atoms with Gasteiger partial charge in [0.1, 0.15) is 0 Å². The quantitative estimate of drug-likeness (QED) is 0.623. The molecule has 0 saturated heterocycles. The van der Waals surface area contributed by atoms with Gasteiger partial charge in [0.2, 0.25) is 0 Å². The van der Waals surface area contributed by atoms with Crippen molar-refractivity contribution >= 4 is 12.1 Å². The Hall–Kier alpha value is -2.97. The summed E-state index contributed by atoms with van der Waals surface area (Å²) in [5.41, 5.74) is 4.03. The number of nitrogens with two attached hydrogens (primary N) is 1. The van der Waals surface area contributed by atoms with Crippen molar-refractivity contribution in [3.63, 3.8) is 0 Å². The van der Waals surface area contributed by atoms with Gasteiger partial charge in [0.05, 0.1) is 5.92 Å². The van der Waals surface area contributed by atoms with Gasteiger partial charge < -0.3 is 15.9 Å². The Labute approximate surface area is 133 Å². The SMILES string of the molecule is NC(=O)O.O=C(O)C1CCCC1.c1cn[nH]c1.c1cnccn1. The van der Waals surface area contributed by atoms with Crippen LogP contribution in [0.2, 0.25) is 0 Å². The predicted molar refractivity (Wildman–Crippen MR) is 82.4 cm³/mol.